The number of hydrogen-bond acceptors (Lipinski definition) is 5. The predicted octanol–water partition coefficient (Wildman–Crippen LogP) is 4.50. The summed E-state index contributed by atoms with van der Waals surface area (Å²) in [5, 5.41) is 2.61. The Hall–Kier alpha value is -3.53. The lowest BCUT2D eigenvalue weighted by Gasteiger charge is -2.18. The van der Waals surface area contributed by atoms with Gasteiger partial charge in [0.15, 0.2) is 9.84 Å². The fourth-order valence-corrected chi connectivity index (χ4v) is 4.76. The zero-order valence-electron chi connectivity index (χ0n) is 20.2. The van der Waals surface area contributed by atoms with E-state index in [-0.39, 0.29) is 10.6 Å². The Balaban J connectivity index is 1.84. The van der Waals surface area contributed by atoms with Crippen LogP contribution in [0.3, 0.4) is 0 Å². The van der Waals surface area contributed by atoms with Gasteiger partial charge in [-0.3, -0.25) is 4.79 Å². The van der Waals surface area contributed by atoms with Crippen molar-refractivity contribution in [3.05, 3.63) is 84.2 Å². The number of halogens is 1. The van der Waals surface area contributed by atoms with E-state index in [9.17, 15) is 17.6 Å². The van der Waals surface area contributed by atoms with Crippen LogP contribution in [0, 0.1) is 5.82 Å². The lowest BCUT2D eigenvalue weighted by molar-refractivity contribution is -0.134. The monoisotopic (exact) mass is 512 g/mol. The van der Waals surface area contributed by atoms with Crippen molar-refractivity contribution in [2.75, 3.05) is 11.6 Å². The molecule has 0 saturated carbocycles. The van der Waals surface area contributed by atoms with Crippen LogP contribution in [-0.2, 0) is 14.6 Å². The van der Waals surface area contributed by atoms with Crippen molar-refractivity contribution in [3.8, 4) is 16.9 Å². The van der Waals surface area contributed by atoms with Crippen molar-refractivity contribution in [3.63, 3.8) is 0 Å². The number of ether oxygens (including phenoxy) is 1. The van der Waals surface area contributed by atoms with Crippen molar-refractivity contribution < 1.29 is 22.3 Å². The highest BCUT2D eigenvalue weighted by atomic mass is 32.2. The van der Waals surface area contributed by atoms with Crippen LogP contribution in [0.2, 0.25) is 0 Å². The van der Waals surface area contributed by atoms with E-state index in [1.165, 1.54) is 18.2 Å². The Bertz CT molecular complexity index is 1370. The first-order chi connectivity index (χ1) is 17.0. The van der Waals surface area contributed by atoms with E-state index < -0.39 is 33.8 Å². The third kappa shape index (κ3) is 6.37. The fraction of sp³-hybridized carbons (Fsp3) is 0.222. The number of aromatic hydroxyl groups is 1. The van der Waals surface area contributed by atoms with Gasteiger partial charge in [0, 0.05) is 30.4 Å². The molecule has 0 aliphatic rings. The second-order valence-corrected chi connectivity index (χ2v) is 10.4. The molecule has 9 heteroatoms. The van der Waals surface area contributed by atoms with Crippen LogP contribution in [0.25, 0.3) is 17.2 Å². The number of amides is 1. The Morgan fingerprint density at radius 3 is 2.47 bits per heavy atom. The van der Waals surface area contributed by atoms with Gasteiger partial charge in [0.25, 0.3) is 11.9 Å². The van der Waals surface area contributed by atoms with Gasteiger partial charge in [-0.05, 0) is 47.4 Å². The van der Waals surface area contributed by atoms with Crippen LogP contribution in [-0.4, -0.2) is 31.4 Å². The number of aliphatic hydroxyl groups is 1. The highest BCUT2D eigenvalue weighted by molar-refractivity contribution is 7.90. The molecule has 6 N–H and O–H groups in total. The fourth-order valence-electron chi connectivity index (χ4n) is 3.85. The summed E-state index contributed by atoms with van der Waals surface area (Å²) in [7, 11) is -3.51. The minimum absolute atomic E-state index is 0.0245. The Morgan fingerprint density at radius 2 is 1.86 bits per heavy atom. The summed E-state index contributed by atoms with van der Waals surface area (Å²) in [6, 6.07) is 15.8. The van der Waals surface area contributed by atoms with Gasteiger partial charge in [-0.15, -0.1) is 0 Å². The molecule has 3 rings (SSSR count). The molecule has 0 radical (unpaired) electrons. The molecule has 0 bridgehead atoms. The third-order valence-electron chi connectivity index (χ3n) is 5.64. The van der Waals surface area contributed by atoms with Gasteiger partial charge in [0.2, 0.25) is 0 Å². The molecule has 1 unspecified atom stereocenters. The number of anilines is 1. The summed E-state index contributed by atoms with van der Waals surface area (Å²) in [6.45, 7) is 5.67. The number of nitrogens with two attached hydrogens (primary N) is 2. The maximum absolute atomic E-state index is 15.0. The summed E-state index contributed by atoms with van der Waals surface area (Å²) < 4.78 is 43.8. The Labute approximate surface area is 210 Å². The number of rotatable bonds is 10. The molecule has 0 aliphatic heterocycles. The molecular formula is C27H31FN3O4S+. The van der Waals surface area contributed by atoms with Crippen LogP contribution in [0.5, 0.6) is 5.75 Å². The average molecular weight is 513 g/mol. The van der Waals surface area contributed by atoms with Crippen LogP contribution in [0.4, 0.5) is 10.1 Å². The largest absolute Gasteiger partial charge is 0.574 e. The Morgan fingerprint density at radius 1 is 1.14 bits per heavy atom. The summed E-state index contributed by atoms with van der Waals surface area (Å²) in [5.74, 6) is -0.629. The van der Waals surface area contributed by atoms with Crippen molar-refractivity contribution in [1.29, 1.82) is 0 Å². The quantitative estimate of drug-likeness (QED) is 0.272. The lowest BCUT2D eigenvalue weighted by atomic mass is 10.0. The van der Waals surface area contributed by atoms with Crippen LogP contribution >= 0.6 is 0 Å². The van der Waals surface area contributed by atoms with E-state index in [0.29, 0.717) is 35.3 Å². The molecule has 0 aromatic heterocycles. The van der Waals surface area contributed by atoms with Gasteiger partial charge in [-0.25, -0.2) is 12.8 Å². The van der Waals surface area contributed by atoms with Crippen molar-refractivity contribution in [2.45, 2.75) is 36.9 Å². The molecule has 190 valence electrons. The Kier molecular flexibility index (Phi) is 8.62. The van der Waals surface area contributed by atoms with E-state index in [0.717, 1.165) is 11.8 Å². The lowest BCUT2D eigenvalue weighted by Crippen LogP contribution is -2.31. The molecule has 36 heavy (non-hydrogen) atoms. The summed E-state index contributed by atoms with van der Waals surface area (Å²) >= 11 is 0. The highest BCUT2D eigenvalue weighted by Crippen LogP contribution is 2.30. The van der Waals surface area contributed by atoms with Crippen molar-refractivity contribution >= 4 is 27.5 Å². The van der Waals surface area contributed by atoms with Gasteiger partial charge >= 0.3 is 5.91 Å². The second-order valence-electron chi connectivity index (χ2n) is 8.43. The van der Waals surface area contributed by atoms with Crippen LogP contribution in [0.15, 0.2) is 72.1 Å². The third-order valence-corrected chi connectivity index (χ3v) is 6.80. The van der Waals surface area contributed by atoms with E-state index in [1.807, 2.05) is 6.92 Å². The SMILES string of the molecule is C=Cc1ccc([OH+]C(CCC)C(=O)Nc2ccc(-c3ccccc3S(C)(=O)=O)cc2F)cc1C(N)N. The standard InChI is InChI=1S/C27H30FN3O4S/c1-4-8-24(35-19-13-11-17(5-2)21(16-19)26(29)30)27(32)31-23-14-12-18(15-22(23)28)20-9-6-7-10-25(20)36(3,33)34/h5-7,9-16,24,26H,2,4,8,29-30H2,1,3H3,(H,31,32)/p+1. The molecule has 3 aromatic rings. The topological polar surface area (TPSA) is 128 Å². The van der Waals surface area contributed by atoms with Gasteiger partial charge < -0.3 is 21.5 Å². The second kappa shape index (κ2) is 11.5. The number of nitrogens with one attached hydrogen (secondary N) is 1. The van der Waals surface area contributed by atoms with E-state index in [4.69, 9.17) is 11.5 Å². The summed E-state index contributed by atoms with van der Waals surface area (Å²) in [6.07, 6.45) is 2.37. The molecule has 7 nitrogen and oxygen atoms in total. The first-order valence-corrected chi connectivity index (χ1v) is 13.3. The minimum atomic E-state index is -3.51. The smallest absolute Gasteiger partial charge is 0.315 e. The molecule has 0 aliphatic carbocycles. The highest BCUT2D eigenvalue weighted by Gasteiger charge is 2.26. The normalized spacial score (nSPS) is 12.3. The summed E-state index contributed by atoms with van der Waals surface area (Å²) in [5.41, 5.74) is 13.9. The average Bonchev–Trinajstić information content (AvgIpc) is 2.84. The minimum Gasteiger partial charge on any atom is -0.574 e. The maximum atomic E-state index is 15.0. The van der Waals surface area contributed by atoms with Crippen LogP contribution in [0.1, 0.15) is 37.1 Å². The molecule has 1 atom stereocenters. The number of benzene rings is 3. The molecule has 1 amide bonds. The maximum Gasteiger partial charge on any atom is 0.315 e. The molecule has 0 spiro atoms. The molecule has 3 aromatic carbocycles. The molecule has 0 saturated heterocycles. The van der Waals surface area contributed by atoms with E-state index >= 15 is 0 Å². The van der Waals surface area contributed by atoms with Gasteiger partial charge in [0.1, 0.15) is 5.82 Å². The van der Waals surface area contributed by atoms with Gasteiger partial charge in [-0.1, -0.05) is 43.8 Å². The zero-order valence-corrected chi connectivity index (χ0v) is 21.1. The van der Waals surface area contributed by atoms with Crippen molar-refractivity contribution in [2.24, 2.45) is 11.5 Å². The predicted molar refractivity (Wildman–Crippen MR) is 142 cm³/mol. The first-order valence-electron chi connectivity index (χ1n) is 11.4. The molecular weight excluding hydrogens is 481 g/mol. The zero-order chi connectivity index (χ0) is 26.5. The number of carbonyl (C=O) groups excluding carboxylic acids is 1. The number of sulfone groups is 1. The van der Waals surface area contributed by atoms with E-state index in [1.54, 1.807) is 48.5 Å². The number of carbonyl (C=O) groups is 1. The van der Waals surface area contributed by atoms with Gasteiger partial charge in [0.05, 0.1) is 16.7 Å². The van der Waals surface area contributed by atoms with Crippen molar-refractivity contribution in [1.82, 2.24) is 0 Å². The molecule has 0 fully saturated rings. The number of hydrogen-bond donors (Lipinski definition) is 3. The van der Waals surface area contributed by atoms with Gasteiger partial charge in [-0.2, -0.15) is 0 Å². The van der Waals surface area contributed by atoms with E-state index in [2.05, 4.69) is 16.6 Å². The summed E-state index contributed by atoms with van der Waals surface area (Å²) in [4.78, 5) is 13.1. The molecule has 0 heterocycles. The van der Waals surface area contributed by atoms with Crippen LogP contribution < -0.4 is 16.8 Å². The first kappa shape index (κ1) is 27.1.